The Hall–Kier alpha value is -4.80. The number of amides is 1. The molecule has 5 rings (SSSR count). The summed E-state index contributed by atoms with van der Waals surface area (Å²) in [6, 6.07) is 9.55. The Labute approximate surface area is 242 Å². The van der Waals surface area contributed by atoms with E-state index in [0.29, 0.717) is 12.1 Å². The number of aromatic nitrogens is 5. The minimum absolute atomic E-state index is 0.251. The number of carbonyl (C=O) groups is 1. The highest BCUT2D eigenvalue weighted by Crippen LogP contribution is 2.39. The van der Waals surface area contributed by atoms with Gasteiger partial charge in [-0.15, -0.1) is 0 Å². The van der Waals surface area contributed by atoms with Crippen molar-refractivity contribution in [3.05, 3.63) is 87.7 Å². The van der Waals surface area contributed by atoms with Gasteiger partial charge in [-0.05, 0) is 24.2 Å². The van der Waals surface area contributed by atoms with Crippen molar-refractivity contribution in [3.63, 3.8) is 0 Å². The second-order valence-corrected chi connectivity index (χ2v) is 10.5. The molecule has 1 aliphatic heterocycles. The molecule has 1 aromatic carbocycles. The topological polar surface area (TPSA) is 158 Å². The Morgan fingerprint density at radius 3 is 2.64 bits per heavy atom. The number of aromatic hydroxyl groups is 1. The van der Waals surface area contributed by atoms with Crippen LogP contribution in [0, 0.1) is 11.3 Å². The molecule has 42 heavy (non-hydrogen) atoms. The molecule has 13 heteroatoms. The lowest BCUT2D eigenvalue weighted by molar-refractivity contribution is 0.101. The van der Waals surface area contributed by atoms with Crippen LogP contribution in [-0.4, -0.2) is 85.1 Å². The lowest BCUT2D eigenvalue weighted by Gasteiger charge is -2.32. The van der Waals surface area contributed by atoms with E-state index in [0.717, 1.165) is 43.9 Å². The molecule has 0 spiro atoms. The fraction of sp³-hybridized carbons (Fsp3) is 0.379. The highest BCUT2D eigenvalue weighted by atomic mass is 16.5. The van der Waals surface area contributed by atoms with Gasteiger partial charge in [0.15, 0.2) is 5.69 Å². The molecule has 2 atom stereocenters. The number of carbonyl (C=O) groups excluding carboxylic acids is 1. The molecule has 1 aliphatic rings. The van der Waals surface area contributed by atoms with Crippen LogP contribution in [0.15, 0.2) is 58.4 Å². The van der Waals surface area contributed by atoms with Crippen molar-refractivity contribution in [2.75, 3.05) is 45.1 Å². The number of piperazine rings is 1. The van der Waals surface area contributed by atoms with Crippen molar-refractivity contribution < 1.29 is 14.4 Å². The Bertz CT molecular complexity index is 1650. The molecule has 0 bridgehead atoms. The van der Waals surface area contributed by atoms with Crippen LogP contribution in [0.4, 0.5) is 5.69 Å². The number of nitrogens with zero attached hydrogens (tertiary/aromatic N) is 8. The average molecular weight is 572 g/mol. The summed E-state index contributed by atoms with van der Waals surface area (Å²) < 4.78 is 7.87. The molecule has 1 fully saturated rings. The van der Waals surface area contributed by atoms with Gasteiger partial charge in [0, 0.05) is 57.8 Å². The zero-order valence-corrected chi connectivity index (χ0v) is 23.8. The third-order valence-electron chi connectivity index (χ3n) is 7.78. The van der Waals surface area contributed by atoms with Gasteiger partial charge in [0.1, 0.15) is 17.8 Å². The first-order chi connectivity index (χ1) is 20.3. The third-order valence-corrected chi connectivity index (χ3v) is 7.78. The Morgan fingerprint density at radius 1 is 1.17 bits per heavy atom. The highest BCUT2D eigenvalue weighted by Gasteiger charge is 2.31. The van der Waals surface area contributed by atoms with Crippen molar-refractivity contribution in [2.24, 2.45) is 7.05 Å². The van der Waals surface area contributed by atoms with Crippen LogP contribution in [0.1, 0.15) is 51.8 Å². The molecule has 13 nitrogen and oxygen atoms in total. The maximum atomic E-state index is 13.1. The number of benzene rings is 1. The molecule has 218 valence electrons. The molecule has 1 amide bonds. The van der Waals surface area contributed by atoms with Gasteiger partial charge in [-0.3, -0.25) is 23.7 Å². The number of nitrogens with one attached hydrogen (secondary N) is 1. The number of nitriles is 1. The summed E-state index contributed by atoms with van der Waals surface area (Å²) in [6.45, 7) is 7.52. The van der Waals surface area contributed by atoms with Crippen molar-refractivity contribution >= 4 is 11.6 Å². The summed E-state index contributed by atoms with van der Waals surface area (Å²) in [7, 11) is 3.62. The molecule has 0 aliphatic carbocycles. The van der Waals surface area contributed by atoms with Gasteiger partial charge in [-0.1, -0.05) is 30.3 Å². The van der Waals surface area contributed by atoms with E-state index in [-0.39, 0.29) is 11.5 Å². The van der Waals surface area contributed by atoms with Crippen LogP contribution < -0.4 is 10.9 Å². The zero-order valence-electron chi connectivity index (χ0n) is 23.8. The van der Waals surface area contributed by atoms with E-state index in [1.54, 1.807) is 18.3 Å². The quantitative estimate of drug-likeness (QED) is 0.304. The summed E-state index contributed by atoms with van der Waals surface area (Å²) in [5.74, 6) is -2.23. The predicted octanol–water partition coefficient (Wildman–Crippen LogP) is 1.98. The van der Waals surface area contributed by atoms with Crippen LogP contribution in [0.25, 0.3) is 0 Å². The van der Waals surface area contributed by atoms with Gasteiger partial charge in [0.05, 0.1) is 30.6 Å². The van der Waals surface area contributed by atoms with Crippen LogP contribution in [-0.2, 0) is 13.6 Å². The second kappa shape index (κ2) is 12.4. The SMILES string of the molecule is C[C@H](c1nc(C(=O)Nc2cnoc2)c(O)c(=O)n1C)[C@@H](c1cnn(CCN2CCN(C)CC2)c1)c1ccccc1C#N. The van der Waals surface area contributed by atoms with Crippen molar-refractivity contribution in [1.82, 2.24) is 34.3 Å². The normalized spacial score (nSPS) is 15.7. The lowest BCUT2D eigenvalue weighted by Crippen LogP contribution is -2.45. The summed E-state index contributed by atoms with van der Waals surface area (Å²) >= 11 is 0. The summed E-state index contributed by atoms with van der Waals surface area (Å²) in [5, 5.41) is 31.2. The van der Waals surface area contributed by atoms with Gasteiger partial charge in [-0.25, -0.2) is 4.98 Å². The number of hydrogen-bond acceptors (Lipinski definition) is 10. The highest BCUT2D eigenvalue weighted by molar-refractivity contribution is 6.04. The van der Waals surface area contributed by atoms with Crippen LogP contribution in [0.2, 0.25) is 0 Å². The van der Waals surface area contributed by atoms with Gasteiger partial charge in [-0.2, -0.15) is 10.4 Å². The van der Waals surface area contributed by atoms with E-state index >= 15 is 0 Å². The minimum Gasteiger partial charge on any atom is -0.501 e. The largest absolute Gasteiger partial charge is 0.501 e. The Kier molecular flexibility index (Phi) is 8.46. The molecule has 0 radical (unpaired) electrons. The maximum Gasteiger partial charge on any atom is 0.296 e. The standard InChI is InChI=1S/C29H33N9O4/c1-19(27-34-25(26(39)29(41)36(27)3)28(40)33-22-16-32-42-18-22)24(23-7-5-4-6-20(23)14-30)21-15-31-38(17-21)13-12-37-10-8-35(2)9-11-37/h4-7,15-19,24,39H,8-13H2,1-3H3,(H,33,40)/t19-,24-/m0/s1. The number of rotatable bonds is 9. The summed E-state index contributed by atoms with van der Waals surface area (Å²) in [5.41, 5.74) is 1.12. The fourth-order valence-electron chi connectivity index (χ4n) is 5.36. The Morgan fingerprint density at radius 2 is 1.93 bits per heavy atom. The molecule has 0 saturated carbocycles. The summed E-state index contributed by atoms with van der Waals surface area (Å²) in [6.07, 6.45) is 6.24. The van der Waals surface area contributed by atoms with Gasteiger partial charge >= 0.3 is 0 Å². The molecule has 3 aromatic heterocycles. The van der Waals surface area contributed by atoms with Gasteiger partial charge in [0.2, 0.25) is 5.75 Å². The van der Waals surface area contributed by atoms with Crippen LogP contribution in [0.5, 0.6) is 5.75 Å². The van der Waals surface area contributed by atoms with E-state index in [9.17, 15) is 20.0 Å². The third kappa shape index (κ3) is 5.95. The van der Waals surface area contributed by atoms with Crippen LogP contribution in [0.3, 0.4) is 0 Å². The molecule has 1 saturated heterocycles. The number of hydrogen-bond donors (Lipinski definition) is 2. The van der Waals surface area contributed by atoms with E-state index in [4.69, 9.17) is 4.52 Å². The predicted molar refractivity (Wildman–Crippen MR) is 153 cm³/mol. The van der Waals surface area contributed by atoms with E-state index in [2.05, 4.69) is 43.5 Å². The lowest BCUT2D eigenvalue weighted by atomic mass is 9.80. The van der Waals surface area contributed by atoms with Crippen molar-refractivity contribution in [1.29, 1.82) is 5.26 Å². The summed E-state index contributed by atoms with van der Waals surface area (Å²) in [4.78, 5) is 35.3. The fourth-order valence-corrected chi connectivity index (χ4v) is 5.36. The zero-order chi connectivity index (χ0) is 29.8. The van der Waals surface area contributed by atoms with E-state index < -0.39 is 34.7 Å². The molecular formula is C29H33N9O4. The molecule has 2 N–H and O–H groups in total. The Balaban J connectivity index is 1.50. The maximum absolute atomic E-state index is 13.1. The van der Waals surface area contributed by atoms with Gasteiger partial charge < -0.3 is 19.8 Å². The minimum atomic E-state index is -0.785. The molecular weight excluding hydrogens is 538 g/mol. The number of anilines is 1. The first kappa shape index (κ1) is 28.7. The van der Waals surface area contributed by atoms with Crippen LogP contribution >= 0.6 is 0 Å². The van der Waals surface area contributed by atoms with Crippen molar-refractivity contribution in [3.8, 4) is 11.8 Å². The van der Waals surface area contributed by atoms with E-state index in [1.807, 2.05) is 29.9 Å². The molecule has 0 unspecified atom stereocenters. The molecule has 4 aromatic rings. The smallest absolute Gasteiger partial charge is 0.296 e. The van der Waals surface area contributed by atoms with Gasteiger partial charge in [0.25, 0.3) is 11.5 Å². The van der Waals surface area contributed by atoms with E-state index in [1.165, 1.54) is 24.1 Å². The molecule has 4 heterocycles. The first-order valence-electron chi connectivity index (χ1n) is 13.7. The second-order valence-electron chi connectivity index (χ2n) is 10.5. The average Bonchev–Trinajstić information content (AvgIpc) is 3.68. The first-order valence-corrected chi connectivity index (χ1v) is 13.7. The monoisotopic (exact) mass is 571 g/mol. The number of likely N-dealkylation sites (N-methyl/N-ethyl adjacent to an activating group) is 1. The van der Waals surface area contributed by atoms with Crippen molar-refractivity contribution in [2.45, 2.75) is 25.3 Å².